The lowest BCUT2D eigenvalue weighted by Gasteiger charge is -2.03. The topological polar surface area (TPSA) is 29.1 Å². The van der Waals surface area contributed by atoms with Crippen molar-refractivity contribution in [3.8, 4) is 0 Å². The van der Waals surface area contributed by atoms with Crippen LogP contribution < -0.4 is 5.32 Å². The fraction of sp³-hybridized carbons (Fsp3) is 0.312. The van der Waals surface area contributed by atoms with Crippen LogP contribution in [0.25, 0.3) is 0 Å². The molecule has 0 fully saturated rings. The van der Waals surface area contributed by atoms with E-state index < -0.39 is 0 Å². The van der Waals surface area contributed by atoms with Gasteiger partial charge < -0.3 is 5.32 Å². The lowest BCUT2D eigenvalue weighted by molar-refractivity contribution is 0.103. The highest BCUT2D eigenvalue weighted by molar-refractivity contribution is 7.14. The molecule has 0 unspecified atom stereocenters. The van der Waals surface area contributed by atoms with Crippen LogP contribution in [0.5, 0.6) is 0 Å². The smallest absolute Gasteiger partial charge is 0.265 e. The van der Waals surface area contributed by atoms with Crippen molar-refractivity contribution in [1.29, 1.82) is 0 Å². The Morgan fingerprint density at radius 3 is 2.85 bits per heavy atom. The molecule has 1 heterocycles. The van der Waals surface area contributed by atoms with Gasteiger partial charge >= 0.3 is 0 Å². The molecule has 0 saturated heterocycles. The summed E-state index contributed by atoms with van der Waals surface area (Å²) in [5.74, 6) is -0.488. The average molecular weight is 289 g/mol. The molecule has 1 aliphatic carbocycles. The van der Waals surface area contributed by atoms with Crippen molar-refractivity contribution in [2.75, 3.05) is 5.32 Å². The van der Waals surface area contributed by atoms with Gasteiger partial charge in [-0.05, 0) is 55.5 Å². The molecule has 2 aromatic rings. The highest BCUT2D eigenvalue weighted by Crippen LogP contribution is 2.29. The van der Waals surface area contributed by atoms with Crippen molar-refractivity contribution in [2.45, 2.75) is 32.1 Å². The molecule has 1 aliphatic rings. The van der Waals surface area contributed by atoms with Crippen molar-refractivity contribution in [2.24, 2.45) is 0 Å². The van der Waals surface area contributed by atoms with Crippen LogP contribution in [0.1, 0.15) is 39.4 Å². The number of anilines is 1. The summed E-state index contributed by atoms with van der Waals surface area (Å²) in [6.45, 7) is 0. The van der Waals surface area contributed by atoms with E-state index in [2.05, 4.69) is 5.32 Å². The number of nitrogens with one attached hydrogen (secondary N) is 1. The molecule has 0 bridgehead atoms. The van der Waals surface area contributed by atoms with E-state index in [1.807, 2.05) is 6.07 Å². The minimum absolute atomic E-state index is 0.145. The van der Waals surface area contributed by atoms with Gasteiger partial charge in [0.15, 0.2) is 0 Å². The van der Waals surface area contributed by atoms with Gasteiger partial charge in [0.25, 0.3) is 5.91 Å². The van der Waals surface area contributed by atoms with E-state index >= 15 is 0 Å². The van der Waals surface area contributed by atoms with E-state index in [4.69, 9.17) is 0 Å². The lowest BCUT2D eigenvalue weighted by Crippen LogP contribution is -2.10. The molecule has 1 aromatic carbocycles. The van der Waals surface area contributed by atoms with E-state index in [1.54, 1.807) is 23.5 Å². The van der Waals surface area contributed by atoms with Gasteiger partial charge in [-0.3, -0.25) is 4.79 Å². The third kappa shape index (κ3) is 2.90. The second kappa shape index (κ2) is 5.75. The summed E-state index contributed by atoms with van der Waals surface area (Å²) < 4.78 is 13.1. The maximum absolute atomic E-state index is 13.1. The van der Waals surface area contributed by atoms with E-state index in [-0.39, 0.29) is 11.7 Å². The molecular weight excluding hydrogens is 273 g/mol. The summed E-state index contributed by atoms with van der Waals surface area (Å²) in [6.07, 6.45) is 5.83. The van der Waals surface area contributed by atoms with Gasteiger partial charge in [-0.15, -0.1) is 11.3 Å². The number of halogens is 1. The normalized spacial score (nSPS) is 14.4. The molecule has 1 aromatic heterocycles. The highest BCUT2D eigenvalue weighted by Gasteiger charge is 2.16. The van der Waals surface area contributed by atoms with Crippen LogP contribution in [-0.4, -0.2) is 5.91 Å². The Morgan fingerprint density at radius 2 is 2.00 bits per heavy atom. The summed E-state index contributed by atoms with van der Waals surface area (Å²) in [6, 6.07) is 7.98. The number of fused-ring (bicyclic) bond motifs is 1. The maximum atomic E-state index is 13.1. The van der Waals surface area contributed by atoms with Gasteiger partial charge in [0, 0.05) is 10.6 Å². The van der Waals surface area contributed by atoms with Gasteiger partial charge in [-0.2, -0.15) is 0 Å². The monoisotopic (exact) mass is 289 g/mol. The predicted octanol–water partition coefficient (Wildman–Crippen LogP) is 4.41. The molecule has 1 N–H and O–H groups in total. The van der Waals surface area contributed by atoms with Crippen molar-refractivity contribution < 1.29 is 9.18 Å². The Kier molecular flexibility index (Phi) is 3.83. The van der Waals surface area contributed by atoms with Crippen LogP contribution >= 0.6 is 11.3 Å². The van der Waals surface area contributed by atoms with Crippen molar-refractivity contribution in [3.05, 3.63) is 51.5 Å². The predicted molar refractivity (Wildman–Crippen MR) is 79.9 cm³/mol. The second-order valence-electron chi connectivity index (χ2n) is 5.08. The highest BCUT2D eigenvalue weighted by atomic mass is 32.1. The molecule has 0 radical (unpaired) electrons. The number of hydrogen-bond donors (Lipinski definition) is 1. The van der Waals surface area contributed by atoms with Crippen molar-refractivity contribution in [3.63, 3.8) is 0 Å². The number of benzene rings is 1. The summed E-state index contributed by atoms with van der Waals surface area (Å²) >= 11 is 1.57. The van der Waals surface area contributed by atoms with E-state index in [9.17, 15) is 9.18 Å². The van der Waals surface area contributed by atoms with Crippen LogP contribution in [0.2, 0.25) is 0 Å². The van der Waals surface area contributed by atoms with Crippen LogP contribution in [0.4, 0.5) is 10.1 Å². The summed E-state index contributed by atoms with van der Waals surface area (Å²) in [4.78, 5) is 14.3. The second-order valence-corrected chi connectivity index (χ2v) is 6.22. The maximum Gasteiger partial charge on any atom is 0.265 e. The van der Waals surface area contributed by atoms with Crippen LogP contribution in [0.3, 0.4) is 0 Å². The summed E-state index contributed by atoms with van der Waals surface area (Å²) in [7, 11) is 0. The van der Waals surface area contributed by atoms with Crippen LogP contribution in [0.15, 0.2) is 30.3 Å². The van der Waals surface area contributed by atoms with Gasteiger partial charge in [0.1, 0.15) is 5.82 Å². The Bertz CT molecular complexity index is 612. The molecular formula is C16H16FNOS. The molecule has 20 heavy (non-hydrogen) atoms. The minimum Gasteiger partial charge on any atom is -0.321 e. The number of amides is 1. The largest absolute Gasteiger partial charge is 0.321 e. The quantitative estimate of drug-likeness (QED) is 0.815. The fourth-order valence-electron chi connectivity index (χ4n) is 2.54. The number of carbonyl (C=O) groups excluding carboxylic acids is 1. The SMILES string of the molecule is O=C(Nc1cccc(F)c1)c1cc2c(s1)CCCCC2. The zero-order valence-electron chi connectivity index (χ0n) is 11.1. The van der Waals surface area contributed by atoms with E-state index in [0.29, 0.717) is 5.69 Å². The summed E-state index contributed by atoms with van der Waals surface area (Å²) in [5.41, 5.74) is 1.82. The standard InChI is InChI=1S/C16H16FNOS/c17-12-6-4-7-13(10-12)18-16(19)15-9-11-5-2-1-3-8-14(11)20-15/h4,6-7,9-10H,1-3,5,8H2,(H,18,19). The van der Waals surface area contributed by atoms with E-state index in [0.717, 1.165) is 17.7 Å². The Morgan fingerprint density at radius 1 is 1.15 bits per heavy atom. The Labute approximate surface area is 121 Å². The molecule has 0 saturated carbocycles. The summed E-state index contributed by atoms with van der Waals surface area (Å²) in [5, 5.41) is 2.76. The van der Waals surface area contributed by atoms with Gasteiger partial charge in [0.05, 0.1) is 4.88 Å². The molecule has 104 valence electrons. The molecule has 1 amide bonds. The number of hydrogen-bond acceptors (Lipinski definition) is 2. The fourth-order valence-corrected chi connectivity index (χ4v) is 3.69. The Hall–Kier alpha value is -1.68. The Balaban J connectivity index is 1.77. The van der Waals surface area contributed by atoms with Crippen molar-refractivity contribution >= 4 is 22.9 Å². The van der Waals surface area contributed by atoms with Crippen LogP contribution in [0, 0.1) is 5.82 Å². The van der Waals surface area contributed by atoms with Gasteiger partial charge in [-0.25, -0.2) is 4.39 Å². The van der Waals surface area contributed by atoms with E-state index in [1.165, 1.54) is 41.8 Å². The first-order chi connectivity index (χ1) is 9.72. The minimum atomic E-state index is -0.343. The molecule has 4 heteroatoms. The number of carbonyl (C=O) groups is 1. The number of rotatable bonds is 2. The lowest BCUT2D eigenvalue weighted by atomic mass is 10.1. The first-order valence-corrected chi connectivity index (χ1v) is 7.72. The van der Waals surface area contributed by atoms with Gasteiger partial charge in [-0.1, -0.05) is 12.5 Å². The van der Waals surface area contributed by atoms with Crippen molar-refractivity contribution in [1.82, 2.24) is 0 Å². The molecule has 3 rings (SSSR count). The van der Waals surface area contributed by atoms with Gasteiger partial charge in [0.2, 0.25) is 0 Å². The average Bonchev–Trinajstić information content (AvgIpc) is 2.70. The number of thiophene rings is 1. The first kappa shape index (κ1) is 13.3. The zero-order chi connectivity index (χ0) is 13.9. The first-order valence-electron chi connectivity index (χ1n) is 6.91. The third-order valence-corrected chi connectivity index (χ3v) is 4.79. The molecule has 0 atom stereocenters. The van der Waals surface area contributed by atoms with Crippen LogP contribution in [-0.2, 0) is 12.8 Å². The molecule has 2 nitrogen and oxygen atoms in total. The molecule has 0 spiro atoms. The third-order valence-electron chi connectivity index (χ3n) is 3.55. The molecule has 0 aliphatic heterocycles. The number of aryl methyl sites for hydroxylation is 2. The zero-order valence-corrected chi connectivity index (χ0v) is 11.9.